The first-order valence-corrected chi connectivity index (χ1v) is 5.89. The molecule has 2 nitrogen and oxygen atoms in total. The van der Waals surface area contributed by atoms with Gasteiger partial charge in [0.25, 0.3) is 6.43 Å². The first kappa shape index (κ1) is 13.9. The van der Waals surface area contributed by atoms with E-state index in [0.29, 0.717) is 6.54 Å². The molecule has 1 unspecified atom stereocenters. The molecule has 1 aromatic carbocycles. The Bertz CT molecular complexity index is 304. The fourth-order valence-corrected chi connectivity index (χ4v) is 1.55. The summed E-state index contributed by atoms with van der Waals surface area (Å²) in [5, 5.41) is 2.81. The van der Waals surface area contributed by atoms with Crippen LogP contribution in [0.3, 0.4) is 0 Å². The second-order valence-electron chi connectivity index (χ2n) is 4.19. The minimum atomic E-state index is -2.29. The molecule has 0 radical (unpaired) electrons. The summed E-state index contributed by atoms with van der Waals surface area (Å²) in [7, 11) is 2.01. The van der Waals surface area contributed by atoms with Crippen LogP contribution in [0.5, 0.6) is 0 Å². The van der Waals surface area contributed by atoms with E-state index in [1.165, 1.54) is 6.92 Å². The Balaban J connectivity index is 2.19. The number of halogens is 2. The van der Waals surface area contributed by atoms with E-state index in [-0.39, 0.29) is 0 Å². The van der Waals surface area contributed by atoms with Gasteiger partial charge >= 0.3 is 0 Å². The van der Waals surface area contributed by atoms with Gasteiger partial charge in [-0.3, -0.25) is 0 Å². The fourth-order valence-electron chi connectivity index (χ4n) is 1.55. The third kappa shape index (κ3) is 5.13. The molecule has 1 aromatic rings. The molecule has 1 N–H and O–H groups in total. The van der Waals surface area contributed by atoms with E-state index < -0.39 is 12.5 Å². The maximum atomic E-state index is 12.2. The molecule has 0 fully saturated rings. The number of alkyl halides is 2. The molecule has 96 valence electrons. The Morgan fingerprint density at radius 3 is 2.47 bits per heavy atom. The molecule has 0 aliphatic rings. The number of rotatable bonds is 7. The van der Waals surface area contributed by atoms with Crippen LogP contribution in [0.2, 0.25) is 0 Å². The van der Waals surface area contributed by atoms with Gasteiger partial charge in [0.1, 0.15) is 0 Å². The van der Waals surface area contributed by atoms with Crippen LogP contribution in [0.15, 0.2) is 30.3 Å². The maximum Gasteiger partial charge on any atom is 0.253 e. The molecule has 0 aromatic heterocycles. The molecule has 0 aliphatic heterocycles. The molecule has 1 atom stereocenters. The van der Waals surface area contributed by atoms with Gasteiger partial charge in [0.2, 0.25) is 0 Å². The Hall–Kier alpha value is -1.16. The standard InChI is InChI=1S/C13H20F2N2/c1-11(13(14)15)16-9-6-10-17(2)12-7-4-3-5-8-12/h3-5,7-8,11,13,16H,6,9-10H2,1-2H3. The van der Waals surface area contributed by atoms with E-state index in [2.05, 4.69) is 10.2 Å². The van der Waals surface area contributed by atoms with E-state index in [1.807, 2.05) is 37.4 Å². The largest absolute Gasteiger partial charge is 0.375 e. The average Bonchev–Trinajstić information content (AvgIpc) is 2.35. The van der Waals surface area contributed by atoms with Gasteiger partial charge < -0.3 is 10.2 Å². The first-order valence-electron chi connectivity index (χ1n) is 5.89. The molecule has 4 heteroatoms. The van der Waals surface area contributed by atoms with Crippen LogP contribution >= 0.6 is 0 Å². The van der Waals surface area contributed by atoms with Crippen LogP contribution in [0.25, 0.3) is 0 Å². The summed E-state index contributed by atoms with van der Waals surface area (Å²) in [6.07, 6.45) is -1.44. The zero-order valence-electron chi connectivity index (χ0n) is 10.4. The molecule has 0 heterocycles. The van der Waals surface area contributed by atoms with Crippen molar-refractivity contribution >= 4 is 5.69 Å². The number of para-hydroxylation sites is 1. The van der Waals surface area contributed by atoms with Crippen LogP contribution in [0, 0.1) is 0 Å². The molecule has 0 spiro atoms. The van der Waals surface area contributed by atoms with Gasteiger partial charge in [-0.05, 0) is 32.0 Å². The van der Waals surface area contributed by atoms with Crippen molar-refractivity contribution in [2.45, 2.75) is 25.8 Å². The van der Waals surface area contributed by atoms with Crippen LogP contribution in [-0.2, 0) is 0 Å². The Morgan fingerprint density at radius 1 is 1.24 bits per heavy atom. The van der Waals surface area contributed by atoms with Gasteiger partial charge in [0.05, 0.1) is 6.04 Å². The van der Waals surface area contributed by atoms with Crippen LogP contribution in [-0.4, -0.2) is 32.6 Å². The summed E-state index contributed by atoms with van der Waals surface area (Å²) in [5.41, 5.74) is 1.15. The molecule has 0 amide bonds. The average molecular weight is 242 g/mol. The summed E-state index contributed by atoms with van der Waals surface area (Å²) < 4.78 is 24.4. The van der Waals surface area contributed by atoms with Crippen molar-refractivity contribution in [3.63, 3.8) is 0 Å². The van der Waals surface area contributed by atoms with Crippen molar-refractivity contribution in [3.05, 3.63) is 30.3 Å². The highest BCUT2D eigenvalue weighted by Gasteiger charge is 2.12. The second kappa shape index (κ2) is 7.22. The number of hydrogen-bond donors (Lipinski definition) is 1. The van der Waals surface area contributed by atoms with Gasteiger partial charge in [0, 0.05) is 19.3 Å². The topological polar surface area (TPSA) is 15.3 Å². The molecule has 1 rings (SSSR count). The number of anilines is 1. The van der Waals surface area contributed by atoms with E-state index in [9.17, 15) is 8.78 Å². The highest BCUT2D eigenvalue weighted by atomic mass is 19.3. The van der Waals surface area contributed by atoms with Crippen molar-refractivity contribution in [2.75, 3.05) is 25.0 Å². The number of benzene rings is 1. The number of nitrogens with zero attached hydrogens (tertiary/aromatic N) is 1. The van der Waals surface area contributed by atoms with Gasteiger partial charge in [0.15, 0.2) is 0 Å². The highest BCUT2D eigenvalue weighted by Crippen LogP contribution is 2.10. The minimum absolute atomic E-state index is 0.614. The lowest BCUT2D eigenvalue weighted by atomic mass is 10.2. The quantitative estimate of drug-likeness (QED) is 0.740. The van der Waals surface area contributed by atoms with Crippen molar-refractivity contribution < 1.29 is 8.78 Å². The zero-order chi connectivity index (χ0) is 12.7. The van der Waals surface area contributed by atoms with Gasteiger partial charge in [-0.15, -0.1) is 0 Å². The van der Waals surface area contributed by atoms with Gasteiger partial charge in [-0.2, -0.15) is 0 Å². The van der Waals surface area contributed by atoms with Crippen LogP contribution in [0.4, 0.5) is 14.5 Å². The molecule has 0 saturated carbocycles. The van der Waals surface area contributed by atoms with Crippen molar-refractivity contribution in [1.82, 2.24) is 5.32 Å². The normalized spacial score (nSPS) is 12.8. The lowest BCUT2D eigenvalue weighted by molar-refractivity contribution is 0.106. The summed E-state index contributed by atoms with van der Waals surface area (Å²) in [5.74, 6) is 0. The Labute approximate surface area is 102 Å². The summed E-state index contributed by atoms with van der Waals surface area (Å²) in [6, 6.07) is 9.30. The third-order valence-electron chi connectivity index (χ3n) is 2.71. The van der Waals surface area contributed by atoms with Gasteiger partial charge in [-0.1, -0.05) is 18.2 Å². The molecule has 0 bridgehead atoms. The SMILES string of the molecule is CC(NCCCN(C)c1ccccc1)C(F)F. The monoisotopic (exact) mass is 242 g/mol. The molecule has 0 saturated heterocycles. The van der Waals surface area contributed by atoms with E-state index in [4.69, 9.17) is 0 Å². The maximum absolute atomic E-state index is 12.2. The molecule has 17 heavy (non-hydrogen) atoms. The molecular formula is C13H20F2N2. The number of nitrogens with one attached hydrogen (secondary N) is 1. The van der Waals surface area contributed by atoms with E-state index in [0.717, 1.165) is 18.7 Å². The lowest BCUT2D eigenvalue weighted by Gasteiger charge is -2.20. The zero-order valence-corrected chi connectivity index (χ0v) is 10.4. The first-order chi connectivity index (χ1) is 8.11. The fraction of sp³-hybridized carbons (Fsp3) is 0.538. The Kier molecular flexibility index (Phi) is 5.91. The minimum Gasteiger partial charge on any atom is -0.375 e. The van der Waals surface area contributed by atoms with E-state index in [1.54, 1.807) is 0 Å². The smallest absolute Gasteiger partial charge is 0.253 e. The third-order valence-corrected chi connectivity index (χ3v) is 2.71. The molecular weight excluding hydrogens is 222 g/mol. The van der Waals surface area contributed by atoms with E-state index >= 15 is 0 Å². The summed E-state index contributed by atoms with van der Waals surface area (Å²) >= 11 is 0. The summed E-state index contributed by atoms with van der Waals surface area (Å²) in [6.45, 7) is 2.97. The van der Waals surface area contributed by atoms with Crippen molar-refractivity contribution in [3.8, 4) is 0 Å². The predicted octanol–water partition coefficient (Wildman–Crippen LogP) is 2.76. The van der Waals surface area contributed by atoms with Gasteiger partial charge in [-0.25, -0.2) is 8.78 Å². The molecule has 0 aliphatic carbocycles. The van der Waals surface area contributed by atoms with Crippen LogP contribution in [0.1, 0.15) is 13.3 Å². The highest BCUT2D eigenvalue weighted by molar-refractivity contribution is 5.44. The van der Waals surface area contributed by atoms with Crippen molar-refractivity contribution in [1.29, 1.82) is 0 Å². The summed E-state index contributed by atoms with van der Waals surface area (Å²) in [4.78, 5) is 2.12. The second-order valence-corrected chi connectivity index (χ2v) is 4.19. The van der Waals surface area contributed by atoms with Crippen LogP contribution < -0.4 is 10.2 Å². The number of hydrogen-bond acceptors (Lipinski definition) is 2. The van der Waals surface area contributed by atoms with Crippen molar-refractivity contribution in [2.24, 2.45) is 0 Å². The predicted molar refractivity (Wildman–Crippen MR) is 67.8 cm³/mol. The Morgan fingerprint density at radius 2 is 1.88 bits per heavy atom. The lowest BCUT2D eigenvalue weighted by Crippen LogP contribution is -2.34.